The molecule has 0 bridgehead atoms. The van der Waals surface area contributed by atoms with Gasteiger partial charge in [0, 0.05) is 38.8 Å². The molecule has 1 aliphatic rings. The molecule has 1 heterocycles. The summed E-state index contributed by atoms with van der Waals surface area (Å²) in [5.41, 5.74) is 2.47. The van der Waals surface area contributed by atoms with Crippen molar-refractivity contribution in [1.82, 2.24) is 9.21 Å². The van der Waals surface area contributed by atoms with Gasteiger partial charge in [0.05, 0.1) is 4.90 Å². The van der Waals surface area contributed by atoms with Crippen LogP contribution >= 0.6 is 0 Å². The number of ether oxygens (including phenoxy) is 1. The quantitative estimate of drug-likeness (QED) is 0.600. The Morgan fingerprint density at radius 3 is 1.91 bits per heavy atom. The molecule has 1 saturated heterocycles. The molecule has 176 valence electrons. The highest BCUT2D eigenvalue weighted by Gasteiger charge is 2.30. The summed E-state index contributed by atoms with van der Waals surface area (Å²) in [6.45, 7) is 2.34. The third kappa shape index (κ3) is 5.44. The monoisotopic (exact) mass is 479 g/mol. The third-order valence-corrected chi connectivity index (χ3v) is 7.39. The second-order valence-corrected chi connectivity index (χ2v) is 9.79. The Balaban J connectivity index is 1.38. The lowest BCUT2D eigenvalue weighted by atomic mass is 10.1. The van der Waals surface area contributed by atoms with E-state index in [4.69, 9.17) is 4.74 Å². The number of rotatable bonds is 5. The van der Waals surface area contributed by atoms with E-state index >= 15 is 0 Å². The number of benzene rings is 3. The van der Waals surface area contributed by atoms with E-state index in [-0.39, 0.29) is 37.0 Å². The van der Waals surface area contributed by atoms with Crippen molar-refractivity contribution >= 4 is 27.7 Å². The van der Waals surface area contributed by atoms with Crippen LogP contribution in [0.1, 0.15) is 6.92 Å². The van der Waals surface area contributed by atoms with E-state index in [9.17, 15) is 18.0 Å². The number of amides is 2. The fraction of sp³-hybridized carbons (Fsp3) is 0.200. The molecule has 1 fully saturated rings. The first-order chi connectivity index (χ1) is 16.3. The van der Waals surface area contributed by atoms with E-state index in [0.717, 1.165) is 11.1 Å². The van der Waals surface area contributed by atoms with Gasteiger partial charge >= 0.3 is 6.09 Å². The SMILES string of the molecule is CC(=O)Nc1ccc(-c2ccc(S(=O)(=O)N3CCN(C(=O)Oc4ccccc4)CC3)cc2)cc1. The number of anilines is 1. The summed E-state index contributed by atoms with van der Waals surface area (Å²) >= 11 is 0. The molecule has 0 aromatic heterocycles. The zero-order valence-corrected chi connectivity index (χ0v) is 19.5. The standard InChI is InChI=1S/C25H25N3O5S/c1-19(29)26-22-11-7-20(8-12-22)21-9-13-24(14-10-21)34(31,32)28-17-15-27(16-18-28)25(30)33-23-5-3-2-4-6-23/h2-14H,15-18H2,1H3,(H,26,29). The van der Waals surface area contributed by atoms with Crippen molar-refractivity contribution in [2.24, 2.45) is 0 Å². The summed E-state index contributed by atoms with van der Waals surface area (Å²) in [4.78, 5) is 25.2. The maximum absolute atomic E-state index is 13.1. The minimum atomic E-state index is -3.68. The normalized spacial score (nSPS) is 14.4. The number of nitrogens with zero attached hydrogens (tertiary/aromatic N) is 2. The molecule has 3 aromatic rings. The zero-order chi connectivity index (χ0) is 24.1. The summed E-state index contributed by atoms with van der Waals surface area (Å²) in [6, 6.07) is 22.8. The molecule has 1 N–H and O–H groups in total. The van der Waals surface area contributed by atoms with Crippen molar-refractivity contribution in [3.63, 3.8) is 0 Å². The second-order valence-electron chi connectivity index (χ2n) is 7.86. The van der Waals surface area contributed by atoms with Crippen molar-refractivity contribution in [1.29, 1.82) is 0 Å². The fourth-order valence-corrected chi connectivity index (χ4v) is 5.10. The van der Waals surface area contributed by atoms with Crippen LogP contribution in [0.5, 0.6) is 5.75 Å². The van der Waals surface area contributed by atoms with Crippen LogP contribution in [-0.4, -0.2) is 55.8 Å². The average molecular weight is 480 g/mol. The summed E-state index contributed by atoms with van der Waals surface area (Å²) in [6.07, 6.45) is -0.489. The fourth-order valence-electron chi connectivity index (χ4n) is 3.68. The minimum Gasteiger partial charge on any atom is -0.410 e. The lowest BCUT2D eigenvalue weighted by molar-refractivity contribution is -0.114. The van der Waals surface area contributed by atoms with Gasteiger partial charge in [-0.15, -0.1) is 0 Å². The van der Waals surface area contributed by atoms with Gasteiger partial charge < -0.3 is 15.0 Å². The molecule has 2 amide bonds. The molecule has 9 heteroatoms. The van der Waals surface area contributed by atoms with Gasteiger partial charge in [-0.3, -0.25) is 4.79 Å². The van der Waals surface area contributed by atoms with E-state index in [1.165, 1.54) is 16.1 Å². The molecular formula is C25H25N3O5S. The summed E-state index contributed by atoms with van der Waals surface area (Å²) in [5, 5.41) is 2.71. The van der Waals surface area contributed by atoms with E-state index in [1.807, 2.05) is 18.2 Å². The first-order valence-corrected chi connectivity index (χ1v) is 12.3. The molecule has 0 unspecified atom stereocenters. The van der Waals surface area contributed by atoms with Gasteiger partial charge in [-0.25, -0.2) is 13.2 Å². The van der Waals surface area contributed by atoms with E-state index in [1.54, 1.807) is 60.7 Å². The Morgan fingerprint density at radius 2 is 1.35 bits per heavy atom. The Hall–Kier alpha value is -3.69. The topological polar surface area (TPSA) is 96.0 Å². The van der Waals surface area contributed by atoms with Gasteiger partial charge in [0.2, 0.25) is 15.9 Å². The lowest BCUT2D eigenvalue weighted by Gasteiger charge is -2.33. The molecule has 1 aliphatic heterocycles. The van der Waals surface area contributed by atoms with Crippen LogP contribution in [0.15, 0.2) is 83.8 Å². The Morgan fingerprint density at radius 1 is 0.794 bits per heavy atom. The average Bonchev–Trinajstić information content (AvgIpc) is 2.85. The number of hydrogen-bond acceptors (Lipinski definition) is 5. The zero-order valence-electron chi connectivity index (χ0n) is 18.7. The van der Waals surface area contributed by atoms with Crippen LogP contribution in [0.3, 0.4) is 0 Å². The first kappa shape index (κ1) is 23.5. The number of hydrogen-bond donors (Lipinski definition) is 1. The van der Waals surface area contributed by atoms with Crippen LogP contribution in [0.25, 0.3) is 11.1 Å². The molecule has 0 spiro atoms. The van der Waals surface area contributed by atoms with Crippen LogP contribution in [0.4, 0.5) is 10.5 Å². The highest BCUT2D eigenvalue weighted by Crippen LogP contribution is 2.25. The van der Waals surface area contributed by atoms with E-state index in [0.29, 0.717) is 11.4 Å². The van der Waals surface area contributed by atoms with Crippen LogP contribution in [0.2, 0.25) is 0 Å². The van der Waals surface area contributed by atoms with E-state index < -0.39 is 16.1 Å². The molecule has 8 nitrogen and oxygen atoms in total. The Kier molecular flexibility index (Phi) is 6.95. The Bertz CT molecular complexity index is 1250. The largest absolute Gasteiger partial charge is 0.415 e. The van der Waals surface area contributed by atoms with Crippen molar-refractivity contribution in [3.05, 3.63) is 78.9 Å². The van der Waals surface area contributed by atoms with Crippen molar-refractivity contribution in [2.45, 2.75) is 11.8 Å². The maximum atomic E-state index is 13.1. The van der Waals surface area contributed by atoms with Gasteiger partial charge in [-0.05, 0) is 47.5 Å². The number of piperazine rings is 1. The van der Waals surface area contributed by atoms with Crippen molar-refractivity contribution < 1.29 is 22.7 Å². The molecule has 34 heavy (non-hydrogen) atoms. The predicted molar refractivity (Wildman–Crippen MR) is 129 cm³/mol. The summed E-state index contributed by atoms with van der Waals surface area (Å²) in [7, 11) is -3.68. The van der Waals surface area contributed by atoms with Gasteiger partial charge in [0.15, 0.2) is 0 Å². The lowest BCUT2D eigenvalue weighted by Crippen LogP contribution is -2.51. The molecule has 0 radical (unpaired) electrons. The van der Waals surface area contributed by atoms with Crippen LogP contribution < -0.4 is 10.1 Å². The van der Waals surface area contributed by atoms with Gasteiger partial charge in [-0.1, -0.05) is 42.5 Å². The number of carbonyl (C=O) groups is 2. The van der Waals surface area contributed by atoms with Gasteiger partial charge in [0.1, 0.15) is 5.75 Å². The molecule has 0 aliphatic carbocycles. The Labute approximate surface area is 198 Å². The van der Waals surface area contributed by atoms with Gasteiger partial charge in [0.25, 0.3) is 0 Å². The highest BCUT2D eigenvalue weighted by atomic mass is 32.2. The van der Waals surface area contributed by atoms with Crippen molar-refractivity contribution in [3.8, 4) is 16.9 Å². The van der Waals surface area contributed by atoms with Crippen LogP contribution in [-0.2, 0) is 14.8 Å². The molecule has 4 rings (SSSR count). The summed E-state index contributed by atoms with van der Waals surface area (Å²) in [5.74, 6) is 0.309. The third-order valence-electron chi connectivity index (χ3n) is 5.48. The highest BCUT2D eigenvalue weighted by molar-refractivity contribution is 7.89. The number of sulfonamides is 1. The minimum absolute atomic E-state index is 0.142. The number of nitrogens with one attached hydrogen (secondary N) is 1. The molecule has 0 atom stereocenters. The van der Waals surface area contributed by atoms with Gasteiger partial charge in [-0.2, -0.15) is 4.31 Å². The smallest absolute Gasteiger partial charge is 0.410 e. The van der Waals surface area contributed by atoms with Crippen LogP contribution in [0, 0.1) is 0 Å². The van der Waals surface area contributed by atoms with Crippen molar-refractivity contribution in [2.75, 3.05) is 31.5 Å². The second kappa shape index (κ2) is 10.1. The number of para-hydroxylation sites is 1. The number of carbonyl (C=O) groups excluding carboxylic acids is 2. The predicted octanol–water partition coefficient (Wildman–Crippen LogP) is 3.82. The summed E-state index contributed by atoms with van der Waals surface area (Å²) < 4.78 is 32.9. The first-order valence-electron chi connectivity index (χ1n) is 10.8. The molecule has 3 aromatic carbocycles. The van der Waals surface area contributed by atoms with E-state index in [2.05, 4.69) is 5.32 Å². The molecule has 0 saturated carbocycles. The maximum Gasteiger partial charge on any atom is 0.415 e. The molecular weight excluding hydrogens is 454 g/mol.